The molecule has 0 N–H and O–H groups in total. The summed E-state index contributed by atoms with van der Waals surface area (Å²) in [5, 5.41) is 0. The average molecular weight is 496 g/mol. The van der Waals surface area contributed by atoms with E-state index in [0.717, 1.165) is 29.8 Å². The third-order valence-corrected chi connectivity index (χ3v) is 7.88. The van der Waals surface area contributed by atoms with Crippen LogP contribution in [0.1, 0.15) is 29.5 Å². The SMILES string of the molecule is Cc1ccc(C)c(N2CCN(C(=O)CC3(c4ccc(-c5ccccc5)cc4)CC(=O)N(C)C3=O)CC2)c1. The smallest absolute Gasteiger partial charge is 0.240 e. The summed E-state index contributed by atoms with van der Waals surface area (Å²) in [5.41, 5.74) is 5.31. The summed E-state index contributed by atoms with van der Waals surface area (Å²) >= 11 is 0. The summed E-state index contributed by atoms with van der Waals surface area (Å²) in [4.78, 5) is 45.0. The summed E-state index contributed by atoms with van der Waals surface area (Å²) in [6.45, 7) is 6.85. The first-order chi connectivity index (χ1) is 17.8. The second kappa shape index (κ2) is 9.85. The molecule has 2 aliphatic rings. The molecule has 37 heavy (non-hydrogen) atoms. The van der Waals surface area contributed by atoms with Crippen molar-refractivity contribution in [2.24, 2.45) is 0 Å². The largest absolute Gasteiger partial charge is 0.368 e. The van der Waals surface area contributed by atoms with Crippen molar-refractivity contribution in [1.29, 1.82) is 0 Å². The van der Waals surface area contributed by atoms with Gasteiger partial charge in [0.25, 0.3) is 0 Å². The number of hydrogen-bond acceptors (Lipinski definition) is 4. The van der Waals surface area contributed by atoms with E-state index in [1.165, 1.54) is 28.8 Å². The van der Waals surface area contributed by atoms with Crippen molar-refractivity contribution in [2.45, 2.75) is 32.1 Å². The fraction of sp³-hybridized carbons (Fsp3) is 0.323. The Morgan fingerprint density at radius 3 is 2.11 bits per heavy atom. The van der Waals surface area contributed by atoms with Crippen LogP contribution in [0.15, 0.2) is 72.8 Å². The second-order valence-corrected chi connectivity index (χ2v) is 10.3. The van der Waals surface area contributed by atoms with Crippen molar-refractivity contribution in [3.8, 4) is 11.1 Å². The van der Waals surface area contributed by atoms with Gasteiger partial charge in [-0.3, -0.25) is 19.3 Å². The minimum absolute atomic E-state index is 0.00390. The van der Waals surface area contributed by atoms with E-state index >= 15 is 0 Å². The summed E-state index contributed by atoms with van der Waals surface area (Å²) in [7, 11) is 1.51. The van der Waals surface area contributed by atoms with Crippen LogP contribution in [0.5, 0.6) is 0 Å². The van der Waals surface area contributed by atoms with Gasteiger partial charge in [0, 0.05) is 51.8 Å². The Labute approximate surface area is 218 Å². The fourth-order valence-electron chi connectivity index (χ4n) is 5.59. The van der Waals surface area contributed by atoms with Crippen molar-refractivity contribution in [1.82, 2.24) is 9.80 Å². The number of carbonyl (C=O) groups is 3. The number of benzene rings is 3. The molecule has 0 bridgehead atoms. The average Bonchev–Trinajstić information content (AvgIpc) is 3.14. The van der Waals surface area contributed by atoms with Crippen molar-refractivity contribution in [3.05, 3.63) is 89.5 Å². The number of hydrogen-bond donors (Lipinski definition) is 0. The molecule has 2 fully saturated rings. The lowest BCUT2D eigenvalue weighted by Crippen LogP contribution is -2.51. The highest BCUT2D eigenvalue weighted by Crippen LogP contribution is 2.40. The van der Waals surface area contributed by atoms with Gasteiger partial charge in [-0.2, -0.15) is 0 Å². The number of likely N-dealkylation sites (N-methyl/N-ethyl adjacent to an activating group) is 1. The number of carbonyl (C=O) groups excluding carboxylic acids is 3. The molecule has 1 unspecified atom stereocenters. The molecule has 3 aromatic carbocycles. The molecule has 0 aliphatic carbocycles. The molecule has 3 aromatic rings. The molecule has 0 radical (unpaired) electrons. The summed E-state index contributed by atoms with van der Waals surface area (Å²) in [6, 6.07) is 24.2. The van der Waals surface area contributed by atoms with E-state index in [4.69, 9.17) is 0 Å². The quantitative estimate of drug-likeness (QED) is 0.494. The number of aryl methyl sites for hydroxylation is 2. The monoisotopic (exact) mass is 495 g/mol. The van der Waals surface area contributed by atoms with Crippen LogP contribution in [-0.2, 0) is 19.8 Å². The van der Waals surface area contributed by atoms with Crippen LogP contribution in [0.4, 0.5) is 5.69 Å². The first-order valence-electron chi connectivity index (χ1n) is 12.9. The van der Waals surface area contributed by atoms with Crippen LogP contribution in [0.2, 0.25) is 0 Å². The molecule has 2 aliphatic heterocycles. The number of rotatable bonds is 5. The number of piperazine rings is 1. The Hall–Kier alpha value is -3.93. The fourth-order valence-corrected chi connectivity index (χ4v) is 5.59. The summed E-state index contributed by atoms with van der Waals surface area (Å²) < 4.78 is 0. The molecule has 2 saturated heterocycles. The van der Waals surface area contributed by atoms with Gasteiger partial charge in [-0.05, 0) is 47.7 Å². The predicted molar refractivity (Wildman–Crippen MR) is 145 cm³/mol. The molecular weight excluding hydrogens is 462 g/mol. The first kappa shape index (κ1) is 24.8. The Balaban J connectivity index is 1.35. The lowest BCUT2D eigenvalue weighted by molar-refractivity contribution is -0.141. The number of nitrogens with zero attached hydrogens (tertiary/aromatic N) is 3. The summed E-state index contributed by atoms with van der Waals surface area (Å²) in [5.74, 6) is -0.624. The first-order valence-corrected chi connectivity index (χ1v) is 12.9. The zero-order valence-corrected chi connectivity index (χ0v) is 21.7. The standard InChI is InChI=1S/C31H33N3O3/c1-22-9-10-23(2)27(19-22)33-15-17-34(18-16-33)29(36)21-31(20-28(35)32(3)30(31)37)26-13-11-25(12-14-26)24-7-5-4-6-8-24/h4-14,19H,15-18,20-21H2,1-3H3. The highest BCUT2D eigenvalue weighted by molar-refractivity contribution is 6.10. The Morgan fingerprint density at radius 2 is 1.49 bits per heavy atom. The van der Waals surface area contributed by atoms with Crippen molar-refractivity contribution >= 4 is 23.4 Å². The van der Waals surface area contributed by atoms with E-state index in [1.54, 1.807) is 0 Å². The van der Waals surface area contributed by atoms with Crippen LogP contribution in [-0.4, -0.2) is 60.7 Å². The molecule has 0 saturated carbocycles. The summed E-state index contributed by atoms with van der Waals surface area (Å²) in [6.07, 6.45) is 0.0112. The molecule has 0 spiro atoms. The maximum atomic E-state index is 13.6. The molecule has 0 aromatic heterocycles. The molecule has 190 valence electrons. The molecule has 2 heterocycles. The van der Waals surface area contributed by atoms with Gasteiger partial charge in [0.05, 0.1) is 5.41 Å². The number of anilines is 1. The molecule has 3 amide bonds. The lowest BCUT2D eigenvalue weighted by Gasteiger charge is -2.38. The van der Waals surface area contributed by atoms with E-state index < -0.39 is 5.41 Å². The molecule has 1 atom stereocenters. The Kier molecular flexibility index (Phi) is 6.59. The zero-order valence-electron chi connectivity index (χ0n) is 21.7. The minimum atomic E-state index is -1.16. The molecule has 5 rings (SSSR count). The number of amides is 3. The Bertz CT molecular complexity index is 1330. The van der Waals surface area contributed by atoms with Gasteiger partial charge in [0.15, 0.2) is 0 Å². The van der Waals surface area contributed by atoms with Gasteiger partial charge in [-0.25, -0.2) is 0 Å². The van der Waals surface area contributed by atoms with Gasteiger partial charge in [0.1, 0.15) is 0 Å². The molecule has 6 nitrogen and oxygen atoms in total. The van der Waals surface area contributed by atoms with Crippen molar-refractivity contribution in [3.63, 3.8) is 0 Å². The predicted octanol–water partition coefficient (Wildman–Crippen LogP) is 4.34. The molecular formula is C31H33N3O3. The minimum Gasteiger partial charge on any atom is -0.368 e. The van der Waals surface area contributed by atoms with Gasteiger partial charge < -0.3 is 9.80 Å². The van der Waals surface area contributed by atoms with Crippen LogP contribution in [0.25, 0.3) is 11.1 Å². The third-order valence-electron chi connectivity index (χ3n) is 7.88. The van der Waals surface area contributed by atoms with Crippen LogP contribution in [0, 0.1) is 13.8 Å². The van der Waals surface area contributed by atoms with E-state index in [1.807, 2.05) is 59.5 Å². The highest BCUT2D eigenvalue weighted by Gasteiger charge is 2.53. The van der Waals surface area contributed by atoms with E-state index in [9.17, 15) is 14.4 Å². The Morgan fingerprint density at radius 1 is 0.838 bits per heavy atom. The van der Waals surface area contributed by atoms with E-state index in [-0.39, 0.29) is 30.6 Å². The van der Waals surface area contributed by atoms with E-state index in [0.29, 0.717) is 13.1 Å². The number of imide groups is 1. The van der Waals surface area contributed by atoms with Gasteiger partial charge >= 0.3 is 0 Å². The zero-order chi connectivity index (χ0) is 26.2. The normalized spacial score (nSPS) is 20.0. The molecule has 6 heteroatoms. The maximum Gasteiger partial charge on any atom is 0.240 e. The van der Waals surface area contributed by atoms with Crippen LogP contribution >= 0.6 is 0 Å². The van der Waals surface area contributed by atoms with Crippen LogP contribution in [0.3, 0.4) is 0 Å². The highest BCUT2D eigenvalue weighted by atomic mass is 16.2. The van der Waals surface area contributed by atoms with Crippen molar-refractivity contribution in [2.75, 3.05) is 38.1 Å². The third kappa shape index (κ3) is 4.64. The van der Waals surface area contributed by atoms with Crippen LogP contribution < -0.4 is 4.90 Å². The lowest BCUT2D eigenvalue weighted by atomic mass is 9.75. The van der Waals surface area contributed by atoms with Gasteiger partial charge in [0.2, 0.25) is 17.7 Å². The van der Waals surface area contributed by atoms with Gasteiger partial charge in [-0.15, -0.1) is 0 Å². The van der Waals surface area contributed by atoms with Gasteiger partial charge in [-0.1, -0.05) is 66.7 Å². The second-order valence-electron chi connectivity index (χ2n) is 10.3. The topological polar surface area (TPSA) is 60.9 Å². The number of likely N-dealkylation sites (tertiary alicyclic amines) is 1. The maximum absolute atomic E-state index is 13.6. The van der Waals surface area contributed by atoms with E-state index in [2.05, 4.69) is 36.9 Å². The van der Waals surface area contributed by atoms with Crippen molar-refractivity contribution < 1.29 is 14.4 Å².